The molecular weight excluding hydrogens is 358 g/mol. The highest BCUT2D eigenvalue weighted by atomic mass is 32.1. The summed E-state index contributed by atoms with van der Waals surface area (Å²) in [7, 11) is 0. The molecule has 1 amide bonds. The van der Waals surface area contributed by atoms with E-state index < -0.39 is 0 Å². The minimum Gasteiger partial charge on any atom is -0.324 e. The van der Waals surface area contributed by atoms with Gasteiger partial charge in [-0.1, -0.05) is 32.0 Å². The number of carbonyl (C=O) groups excluding carboxylic acids is 1. The number of aromatic nitrogens is 2. The van der Waals surface area contributed by atoms with Crippen molar-refractivity contribution < 1.29 is 4.79 Å². The molecule has 0 aliphatic carbocycles. The van der Waals surface area contributed by atoms with Gasteiger partial charge in [0.15, 0.2) is 0 Å². The Morgan fingerprint density at radius 1 is 1.22 bits per heavy atom. The number of amides is 1. The van der Waals surface area contributed by atoms with Gasteiger partial charge in [0.25, 0.3) is 5.56 Å². The smallest absolute Gasteiger partial charge is 0.263 e. The average Bonchev–Trinajstić information content (AvgIpc) is 2.87. The first kappa shape index (κ1) is 19.3. The van der Waals surface area contributed by atoms with Crippen LogP contribution in [-0.2, 0) is 11.3 Å². The lowest BCUT2D eigenvalue weighted by Crippen LogP contribution is -2.30. The van der Waals surface area contributed by atoms with Crippen molar-refractivity contribution >= 4 is 33.1 Å². The fraction of sp³-hybridized carbons (Fsp3) is 0.381. The molecule has 0 aliphatic heterocycles. The van der Waals surface area contributed by atoms with E-state index in [-0.39, 0.29) is 18.0 Å². The fourth-order valence-corrected chi connectivity index (χ4v) is 4.35. The first-order valence-corrected chi connectivity index (χ1v) is 9.88. The van der Waals surface area contributed by atoms with Gasteiger partial charge in [-0.25, -0.2) is 4.98 Å². The van der Waals surface area contributed by atoms with E-state index in [0.29, 0.717) is 17.1 Å². The molecule has 3 aromatic rings. The number of thiophene rings is 1. The summed E-state index contributed by atoms with van der Waals surface area (Å²) in [5, 5.41) is 3.63. The number of nitrogens with zero attached hydrogens (tertiary/aromatic N) is 2. The van der Waals surface area contributed by atoms with Gasteiger partial charge in [0.05, 0.1) is 5.39 Å². The summed E-state index contributed by atoms with van der Waals surface area (Å²) < 4.78 is 1.46. The van der Waals surface area contributed by atoms with Crippen LogP contribution in [0, 0.1) is 27.7 Å². The van der Waals surface area contributed by atoms with Crippen molar-refractivity contribution in [3.8, 4) is 0 Å². The largest absolute Gasteiger partial charge is 0.324 e. The molecule has 0 unspecified atom stereocenters. The van der Waals surface area contributed by atoms with Gasteiger partial charge in [0.1, 0.15) is 17.2 Å². The lowest BCUT2D eigenvalue weighted by Gasteiger charge is -2.17. The van der Waals surface area contributed by atoms with Gasteiger partial charge in [-0.3, -0.25) is 14.2 Å². The van der Waals surface area contributed by atoms with Crippen molar-refractivity contribution in [1.29, 1.82) is 0 Å². The molecule has 0 bridgehead atoms. The van der Waals surface area contributed by atoms with E-state index in [1.807, 2.05) is 39.0 Å². The number of fused-ring (bicyclic) bond motifs is 1. The minimum absolute atomic E-state index is 0.0478. The zero-order chi connectivity index (χ0) is 19.9. The number of hydrogen-bond donors (Lipinski definition) is 1. The third-order valence-corrected chi connectivity index (χ3v) is 6.07. The summed E-state index contributed by atoms with van der Waals surface area (Å²) in [5.41, 5.74) is 3.73. The number of benzene rings is 1. The van der Waals surface area contributed by atoms with Gasteiger partial charge in [-0.2, -0.15) is 0 Å². The van der Waals surface area contributed by atoms with Crippen molar-refractivity contribution in [1.82, 2.24) is 9.55 Å². The topological polar surface area (TPSA) is 64.0 Å². The van der Waals surface area contributed by atoms with Crippen molar-refractivity contribution in [2.45, 2.75) is 54.0 Å². The van der Waals surface area contributed by atoms with Crippen molar-refractivity contribution in [3.05, 3.63) is 55.9 Å². The second-order valence-electron chi connectivity index (χ2n) is 7.26. The zero-order valence-electron chi connectivity index (χ0n) is 16.6. The minimum atomic E-state index is -0.220. The van der Waals surface area contributed by atoms with E-state index >= 15 is 0 Å². The third kappa shape index (κ3) is 3.54. The number of nitrogens with one attached hydrogen (secondary N) is 1. The van der Waals surface area contributed by atoms with Crippen LogP contribution in [-0.4, -0.2) is 15.5 Å². The van der Waals surface area contributed by atoms with Gasteiger partial charge < -0.3 is 5.32 Å². The molecule has 0 aliphatic rings. The molecule has 0 saturated heterocycles. The number of para-hydroxylation sites is 1. The second-order valence-corrected chi connectivity index (χ2v) is 8.46. The van der Waals surface area contributed by atoms with Crippen LogP contribution < -0.4 is 10.9 Å². The molecule has 2 heterocycles. The van der Waals surface area contributed by atoms with E-state index in [4.69, 9.17) is 0 Å². The molecular formula is C21H25N3O2S. The Morgan fingerprint density at radius 2 is 1.93 bits per heavy atom. The molecule has 142 valence electrons. The van der Waals surface area contributed by atoms with Crippen LogP contribution in [0.25, 0.3) is 10.2 Å². The first-order valence-electron chi connectivity index (χ1n) is 9.07. The summed E-state index contributed by atoms with van der Waals surface area (Å²) in [6.45, 7) is 11.8. The highest BCUT2D eigenvalue weighted by Gasteiger charge is 2.17. The van der Waals surface area contributed by atoms with Gasteiger partial charge in [0.2, 0.25) is 5.91 Å². The average molecular weight is 384 g/mol. The molecule has 1 aromatic carbocycles. The molecule has 3 rings (SSSR count). The lowest BCUT2D eigenvalue weighted by atomic mass is 9.98. The Kier molecular flexibility index (Phi) is 5.20. The Hall–Kier alpha value is -2.47. The number of anilines is 1. The number of hydrogen-bond acceptors (Lipinski definition) is 4. The predicted molar refractivity (Wildman–Crippen MR) is 112 cm³/mol. The Morgan fingerprint density at radius 3 is 2.59 bits per heavy atom. The van der Waals surface area contributed by atoms with E-state index in [9.17, 15) is 9.59 Å². The lowest BCUT2D eigenvalue weighted by molar-refractivity contribution is -0.116. The molecule has 0 saturated carbocycles. The maximum atomic E-state index is 13.0. The Bertz CT molecular complexity index is 1090. The molecule has 0 radical (unpaired) electrons. The molecule has 6 heteroatoms. The summed E-state index contributed by atoms with van der Waals surface area (Å²) in [6.07, 6.45) is 0. The molecule has 0 spiro atoms. The Balaban J connectivity index is 1.96. The number of carbonyl (C=O) groups is 1. The summed E-state index contributed by atoms with van der Waals surface area (Å²) in [6, 6.07) is 5.99. The number of aryl methyl sites for hydroxylation is 4. The van der Waals surface area contributed by atoms with Crippen molar-refractivity contribution in [2.24, 2.45) is 0 Å². The van der Waals surface area contributed by atoms with Crippen LogP contribution >= 0.6 is 11.3 Å². The van der Waals surface area contributed by atoms with Gasteiger partial charge in [-0.15, -0.1) is 11.3 Å². The standard InChI is InChI=1S/C21H25N3O2S/c1-11(2)16-9-7-8-12(3)19(16)23-17(25)10-24-15(6)22-20-18(21(24)26)13(4)14(5)27-20/h7-9,11H,10H2,1-6H3,(H,23,25). The molecule has 5 nitrogen and oxygen atoms in total. The fourth-order valence-electron chi connectivity index (χ4n) is 3.28. The molecule has 27 heavy (non-hydrogen) atoms. The van der Waals surface area contributed by atoms with Crippen molar-refractivity contribution in [3.63, 3.8) is 0 Å². The molecule has 0 atom stereocenters. The SMILES string of the molecule is Cc1cccc(C(C)C)c1NC(=O)Cn1c(C)nc2sc(C)c(C)c2c1=O. The molecule has 1 N–H and O–H groups in total. The van der Waals surface area contributed by atoms with Crippen LogP contribution in [0.5, 0.6) is 0 Å². The zero-order valence-corrected chi connectivity index (χ0v) is 17.5. The third-order valence-electron chi connectivity index (χ3n) is 4.97. The summed E-state index contributed by atoms with van der Waals surface area (Å²) in [5.74, 6) is 0.624. The predicted octanol–water partition coefficient (Wildman–Crippen LogP) is 4.45. The monoisotopic (exact) mass is 383 g/mol. The first-order chi connectivity index (χ1) is 12.7. The Labute approximate surface area is 163 Å². The highest BCUT2D eigenvalue weighted by Crippen LogP contribution is 2.28. The van der Waals surface area contributed by atoms with Crippen LogP contribution in [0.2, 0.25) is 0 Å². The van der Waals surface area contributed by atoms with E-state index in [1.54, 1.807) is 6.92 Å². The molecule has 0 fully saturated rings. The molecule has 2 aromatic heterocycles. The van der Waals surface area contributed by atoms with E-state index in [2.05, 4.69) is 24.1 Å². The van der Waals surface area contributed by atoms with Crippen LogP contribution in [0.15, 0.2) is 23.0 Å². The highest BCUT2D eigenvalue weighted by molar-refractivity contribution is 7.18. The normalized spacial score (nSPS) is 11.4. The number of rotatable bonds is 4. The van der Waals surface area contributed by atoms with Crippen LogP contribution in [0.3, 0.4) is 0 Å². The van der Waals surface area contributed by atoms with Crippen LogP contribution in [0.4, 0.5) is 5.69 Å². The maximum Gasteiger partial charge on any atom is 0.263 e. The quantitative estimate of drug-likeness (QED) is 0.724. The summed E-state index contributed by atoms with van der Waals surface area (Å²) in [4.78, 5) is 32.1. The van der Waals surface area contributed by atoms with Crippen molar-refractivity contribution in [2.75, 3.05) is 5.32 Å². The van der Waals surface area contributed by atoms with E-state index in [1.165, 1.54) is 15.9 Å². The second kappa shape index (κ2) is 7.27. The van der Waals surface area contributed by atoms with E-state index in [0.717, 1.165) is 32.1 Å². The van der Waals surface area contributed by atoms with Crippen LogP contribution in [0.1, 0.15) is 47.2 Å². The maximum absolute atomic E-state index is 13.0. The summed E-state index contributed by atoms with van der Waals surface area (Å²) >= 11 is 1.52. The van der Waals surface area contributed by atoms with Gasteiger partial charge in [-0.05, 0) is 50.3 Å². The van der Waals surface area contributed by atoms with Gasteiger partial charge >= 0.3 is 0 Å². The van der Waals surface area contributed by atoms with Gasteiger partial charge in [0, 0.05) is 10.6 Å².